The van der Waals surface area contributed by atoms with Gasteiger partial charge in [-0.1, -0.05) is 30.3 Å². The van der Waals surface area contributed by atoms with Crippen molar-refractivity contribution in [3.8, 4) is 0 Å². The maximum Gasteiger partial charge on any atom is 0.237 e. The smallest absolute Gasteiger partial charge is 0.237 e. The molecule has 5 nitrogen and oxygen atoms in total. The van der Waals surface area contributed by atoms with Crippen molar-refractivity contribution in [3.63, 3.8) is 0 Å². The van der Waals surface area contributed by atoms with Crippen molar-refractivity contribution in [2.24, 2.45) is 0 Å². The molecule has 2 aliphatic heterocycles. The van der Waals surface area contributed by atoms with Crippen LogP contribution in [0.15, 0.2) is 30.3 Å². The first kappa shape index (κ1) is 14.5. The Labute approximate surface area is 125 Å². The van der Waals surface area contributed by atoms with Crippen LogP contribution in [0.4, 0.5) is 0 Å². The summed E-state index contributed by atoms with van der Waals surface area (Å²) in [5, 5.41) is 0. The third-order valence-corrected chi connectivity index (χ3v) is 5.93. The maximum atomic E-state index is 12.4. The molecule has 3 rings (SSSR count). The molecule has 0 bridgehead atoms. The zero-order chi connectivity index (χ0) is 14.9. The first-order valence-corrected chi connectivity index (χ1v) is 9.14. The SMILES string of the molecule is O=C(CN1CCS(=O)(=O)CC1)N1CC[C@@H]1c1ccccc1. The standard InChI is InChI=1S/C15H20N2O3S/c18-15(12-16-8-10-21(19,20)11-9-16)17-7-6-14(17)13-4-2-1-3-5-13/h1-5,14H,6-12H2/t14-/m1/s1. The molecule has 21 heavy (non-hydrogen) atoms. The van der Waals surface area contributed by atoms with Gasteiger partial charge in [-0.05, 0) is 12.0 Å². The molecule has 0 aliphatic carbocycles. The number of nitrogens with zero attached hydrogens (tertiary/aromatic N) is 2. The van der Waals surface area contributed by atoms with Crippen LogP contribution in [0.3, 0.4) is 0 Å². The van der Waals surface area contributed by atoms with Gasteiger partial charge < -0.3 is 4.90 Å². The van der Waals surface area contributed by atoms with Crippen LogP contribution in [0.2, 0.25) is 0 Å². The lowest BCUT2D eigenvalue weighted by molar-refractivity contribution is -0.140. The zero-order valence-electron chi connectivity index (χ0n) is 11.9. The molecule has 2 saturated heterocycles. The van der Waals surface area contributed by atoms with Crippen LogP contribution in [0.25, 0.3) is 0 Å². The Hall–Kier alpha value is -1.40. The molecule has 2 fully saturated rings. The lowest BCUT2D eigenvalue weighted by atomic mass is 9.94. The Morgan fingerprint density at radius 2 is 1.76 bits per heavy atom. The van der Waals surface area contributed by atoms with Gasteiger partial charge in [-0.15, -0.1) is 0 Å². The van der Waals surface area contributed by atoms with Gasteiger partial charge >= 0.3 is 0 Å². The Kier molecular flexibility index (Phi) is 3.99. The number of hydrogen-bond donors (Lipinski definition) is 0. The topological polar surface area (TPSA) is 57.7 Å². The number of sulfone groups is 1. The minimum atomic E-state index is -2.88. The Morgan fingerprint density at radius 1 is 1.10 bits per heavy atom. The Morgan fingerprint density at radius 3 is 2.33 bits per heavy atom. The first-order valence-electron chi connectivity index (χ1n) is 7.32. The predicted molar refractivity (Wildman–Crippen MR) is 80.6 cm³/mol. The van der Waals surface area contributed by atoms with E-state index in [2.05, 4.69) is 12.1 Å². The van der Waals surface area contributed by atoms with Gasteiger partial charge in [0.1, 0.15) is 0 Å². The zero-order valence-corrected chi connectivity index (χ0v) is 12.8. The number of carbonyl (C=O) groups is 1. The molecule has 0 radical (unpaired) electrons. The van der Waals surface area contributed by atoms with Gasteiger partial charge in [-0.2, -0.15) is 0 Å². The molecule has 1 aromatic rings. The molecule has 0 aromatic heterocycles. The van der Waals surface area contributed by atoms with Crippen molar-refractivity contribution in [3.05, 3.63) is 35.9 Å². The number of hydrogen-bond acceptors (Lipinski definition) is 4. The summed E-state index contributed by atoms with van der Waals surface area (Å²) in [5.74, 6) is 0.444. The second kappa shape index (κ2) is 5.77. The van der Waals surface area contributed by atoms with E-state index in [1.54, 1.807) is 0 Å². The minimum absolute atomic E-state index is 0.106. The summed E-state index contributed by atoms with van der Waals surface area (Å²) in [6.07, 6.45) is 1.00. The second-order valence-corrected chi connectivity index (χ2v) is 8.03. The largest absolute Gasteiger partial charge is 0.334 e. The minimum Gasteiger partial charge on any atom is -0.334 e. The van der Waals surface area contributed by atoms with Gasteiger partial charge in [0.15, 0.2) is 9.84 Å². The molecule has 1 aromatic carbocycles. The molecule has 114 valence electrons. The molecule has 0 saturated carbocycles. The van der Waals surface area contributed by atoms with Gasteiger partial charge in [0.2, 0.25) is 5.91 Å². The van der Waals surface area contributed by atoms with Gasteiger partial charge in [-0.3, -0.25) is 9.69 Å². The van der Waals surface area contributed by atoms with Gasteiger partial charge in [0.05, 0.1) is 24.1 Å². The van der Waals surface area contributed by atoms with Gasteiger partial charge in [0.25, 0.3) is 0 Å². The fraction of sp³-hybridized carbons (Fsp3) is 0.533. The maximum absolute atomic E-state index is 12.4. The van der Waals surface area contributed by atoms with Crippen LogP contribution < -0.4 is 0 Å². The van der Waals surface area contributed by atoms with Crippen LogP contribution in [0.5, 0.6) is 0 Å². The van der Waals surface area contributed by atoms with E-state index in [1.807, 2.05) is 28.0 Å². The Bertz CT molecular complexity index is 601. The van der Waals surface area contributed by atoms with E-state index in [0.717, 1.165) is 13.0 Å². The highest BCUT2D eigenvalue weighted by Gasteiger charge is 2.34. The third kappa shape index (κ3) is 3.27. The molecule has 0 spiro atoms. The average molecular weight is 308 g/mol. The normalized spacial score (nSPS) is 25.3. The fourth-order valence-electron chi connectivity index (χ4n) is 2.90. The molecule has 1 amide bonds. The Balaban J connectivity index is 1.57. The summed E-state index contributed by atoms with van der Waals surface area (Å²) in [6, 6.07) is 10.3. The summed E-state index contributed by atoms with van der Waals surface area (Å²) < 4.78 is 22.8. The van der Waals surface area contributed by atoms with Crippen molar-refractivity contribution in [1.82, 2.24) is 9.80 Å². The van der Waals surface area contributed by atoms with E-state index >= 15 is 0 Å². The third-order valence-electron chi connectivity index (χ3n) is 4.32. The number of carbonyl (C=O) groups excluding carboxylic acids is 1. The molecule has 2 aliphatic rings. The van der Waals surface area contributed by atoms with E-state index in [1.165, 1.54) is 5.56 Å². The number of amides is 1. The summed E-state index contributed by atoms with van der Waals surface area (Å²) in [5.41, 5.74) is 1.18. The van der Waals surface area contributed by atoms with Crippen LogP contribution in [0, 0.1) is 0 Å². The summed E-state index contributed by atoms with van der Waals surface area (Å²) in [7, 11) is -2.88. The van der Waals surface area contributed by atoms with E-state index < -0.39 is 9.84 Å². The fourth-order valence-corrected chi connectivity index (χ4v) is 4.17. The highest BCUT2D eigenvalue weighted by atomic mass is 32.2. The number of likely N-dealkylation sites (tertiary alicyclic amines) is 1. The molecular weight excluding hydrogens is 288 g/mol. The number of rotatable bonds is 3. The molecule has 0 unspecified atom stereocenters. The van der Waals surface area contributed by atoms with Gasteiger partial charge in [-0.25, -0.2) is 8.42 Å². The van der Waals surface area contributed by atoms with Crippen LogP contribution in [-0.4, -0.2) is 61.8 Å². The van der Waals surface area contributed by atoms with Crippen molar-refractivity contribution < 1.29 is 13.2 Å². The molecule has 6 heteroatoms. The molecular formula is C15H20N2O3S. The van der Waals surface area contributed by atoms with E-state index in [0.29, 0.717) is 19.6 Å². The van der Waals surface area contributed by atoms with Crippen molar-refractivity contribution in [2.45, 2.75) is 12.5 Å². The highest BCUT2D eigenvalue weighted by molar-refractivity contribution is 7.91. The monoisotopic (exact) mass is 308 g/mol. The summed E-state index contributed by atoms with van der Waals surface area (Å²) in [4.78, 5) is 16.2. The lowest BCUT2D eigenvalue weighted by Gasteiger charge is -2.42. The quantitative estimate of drug-likeness (QED) is 0.824. The molecule has 0 N–H and O–H groups in total. The van der Waals surface area contributed by atoms with E-state index in [-0.39, 0.29) is 23.5 Å². The molecule has 1 atom stereocenters. The second-order valence-electron chi connectivity index (χ2n) is 5.73. The average Bonchev–Trinajstić information content (AvgIpc) is 2.41. The summed E-state index contributed by atoms with van der Waals surface area (Å²) in [6.45, 7) is 2.07. The molecule has 2 heterocycles. The van der Waals surface area contributed by atoms with Crippen LogP contribution in [-0.2, 0) is 14.6 Å². The summed E-state index contributed by atoms with van der Waals surface area (Å²) >= 11 is 0. The van der Waals surface area contributed by atoms with Gasteiger partial charge in [0, 0.05) is 19.6 Å². The lowest BCUT2D eigenvalue weighted by Crippen LogP contribution is -2.51. The van der Waals surface area contributed by atoms with Crippen molar-refractivity contribution >= 4 is 15.7 Å². The highest BCUT2D eigenvalue weighted by Crippen LogP contribution is 2.33. The van der Waals surface area contributed by atoms with Crippen LogP contribution in [0.1, 0.15) is 18.0 Å². The van der Waals surface area contributed by atoms with Crippen LogP contribution >= 0.6 is 0 Å². The predicted octanol–water partition coefficient (Wildman–Crippen LogP) is 0.690. The van der Waals surface area contributed by atoms with Crippen molar-refractivity contribution in [1.29, 1.82) is 0 Å². The van der Waals surface area contributed by atoms with E-state index in [9.17, 15) is 13.2 Å². The van der Waals surface area contributed by atoms with Crippen molar-refractivity contribution in [2.75, 3.05) is 37.7 Å². The number of benzene rings is 1. The van der Waals surface area contributed by atoms with E-state index in [4.69, 9.17) is 0 Å². The first-order chi connectivity index (χ1) is 10.1.